The minimum Gasteiger partial charge on any atom is -0.465 e. The molecule has 0 rings (SSSR count). The number of Topliss-reactive ketones (excluding diaryl/α,β-unsaturated/α-hetero) is 1. The highest BCUT2D eigenvalue weighted by Crippen LogP contribution is 2.02. The van der Waals surface area contributed by atoms with Crippen LogP contribution in [-0.2, 0) is 23.3 Å². The van der Waals surface area contributed by atoms with Crippen LogP contribution in [0, 0.1) is 5.92 Å². The van der Waals surface area contributed by atoms with Crippen molar-refractivity contribution >= 4 is 30.6 Å². The lowest BCUT2D eigenvalue weighted by Crippen LogP contribution is -2.29. The second-order valence-electron chi connectivity index (χ2n) is 2.22. The summed E-state index contributed by atoms with van der Waals surface area (Å²) in [5, 5.41) is 0. The van der Waals surface area contributed by atoms with Crippen LogP contribution in [-0.4, -0.2) is 24.3 Å². The predicted molar refractivity (Wildman–Crippen MR) is 45.9 cm³/mol. The van der Waals surface area contributed by atoms with E-state index in [1.54, 1.807) is 6.92 Å². The van der Waals surface area contributed by atoms with Gasteiger partial charge >= 0.3 is 11.9 Å². The highest BCUT2D eigenvalue weighted by atomic mass is 32.1. The van der Waals surface area contributed by atoms with Gasteiger partial charge in [0.25, 0.3) is 5.78 Å². The SMILES string of the molecule is CCOC(=O)C(C)C(=O)C(=O)OS. The zero-order chi connectivity index (χ0) is 10.4. The van der Waals surface area contributed by atoms with Crippen molar-refractivity contribution in [3.8, 4) is 0 Å². The second-order valence-corrected chi connectivity index (χ2v) is 2.40. The summed E-state index contributed by atoms with van der Waals surface area (Å²) >= 11 is 3.15. The number of hydrogen-bond acceptors (Lipinski definition) is 6. The van der Waals surface area contributed by atoms with Crippen molar-refractivity contribution < 1.29 is 23.3 Å². The third-order valence-electron chi connectivity index (χ3n) is 1.32. The predicted octanol–water partition coefficient (Wildman–Crippen LogP) is 0.143. The van der Waals surface area contributed by atoms with Gasteiger partial charge in [0, 0.05) is 12.9 Å². The molecule has 0 saturated heterocycles. The van der Waals surface area contributed by atoms with E-state index in [-0.39, 0.29) is 6.61 Å². The fraction of sp³-hybridized carbons (Fsp3) is 0.571. The smallest absolute Gasteiger partial charge is 0.387 e. The minimum absolute atomic E-state index is 0.159. The number of hydrogen-bond donors (Lipinski definition) is 1. The second kappa shape index (κ2) is 5.58. The fourth-order valence-corrected chi connectivity index (χ4v) is 0.686. The maximum absolute atomic E-state index is 11.0. The molecule has 13 heavy (non-hydrogen) atoms. The van der Waals surface area contributed by atoms with Crippen molar-refractivity contribution in [1.29, 1.82) is 0 Å². The molecular formula is C7H10O5S. The largest absolute Gasteiger partial charge is 0.465 e. The Morgan fingerprint density at radius 2 is 1.92 bits per heavy atom. The van der Waals surface area contributed by atoms with Crippen LogP contribution in [0.15, 0.2) is 0 Å². The van der Waals surface area contributed by atoms with Crippen molar-refractivity contribution in [3.63, 3.8) is 0 Å². The van der Waals surface area contributed by atoms with Gasteiger partial charge in [0.1, 0.15) is 5.92 Å². The summed E-state index contributed by atoms with van der Waals surface area (Å²) < 4.78 is 8.39. The van der Waals surface area contributed by atoms with Crippen LogP contribution >= 0.6 is 12.9 Å². The van der Waals surface area contributed by atoms with Crippen LogP contribution in [0.2, 0.25) is 0 Å². The molecule has 74 valence electrons. The Balaban J connectivity index is 4.25. The Kier molecular flexibility index (Phi) is 5.13. The highest BCUT2D eigenvalue weighted by Gasteiger charge is 2.29. The van der Waals surface area contributed by atoms with Crippen molar-refractivity contribution in [2.24, 2.45) is 5.92 Å². The molecule has 0 N–H and O–H groups in total. The minimum atomic E-state index is -1.16. The first-order valence-corrected chi connectivity index (χ1v) is 3.97. The summed E-state index contributed by atoms with van der Waals surface area (Å²) in [4.78, 5) is 32.5. The molecule has 0 bridgehead atoms. The number of ether oxygens (including phenoxy) is 1. The van der Waals surface area contributed by atoms with E-state index >= 15 is 0 Å². The first-order valence-electron chi connectivity index (χ1n) is 3.60. The van der Waals surface area contributed by atoms with Gasteiger partial charge in [-0.05, 0) is 13.8 Å². The summed E-state index contributed by atoms with van der Waals surface area (Å²) in [5.41, 5.74) is 0. The normalized spacial score (nSPS) is 11.6. The summed E-state index contributed by atoms with van der Waals surface area (Å²) in [6.45, 7) is 3.03. The molecule has 0 aromatic heterocycles. The lowest BCUT2D eigenvalue weighted by Gasteiger charge is -2.06. The Bertz CT molecular complexity index is 225. The maximum atomic E-state index is 11.0. The molecule has 5 nitrogen and oxygen atoms in total. The molecule has 0 spiro atoms. The average Bonchev–Trinajstić information content (AvgIpc) is 2.14. The standard InChI is InChI=1S/C7H10O5S/c1-3-11-6(9)4(2)5(8)7(10)12-13/h4,13H,3H2,1-2H3. The molecule has 0 aliphatic rings. The van der Waals surface area contributed by atoms with Gasteiger partial charge in [0.2, 0.25) is 0 Å². The number of carbonyl (C=O) groups is 3. The zero-order valence-electron chi connectivity index (χ0n) is 7.27. The zero-order valence-corrected chi connectivity index (χ0v) is 8.17. The molecule has 1 unspecified atom stereocenters. The number of esters is 1. The molecule has 0 amide bonds. The number of ketones is 1. The van der Waals surface area contributed by atoms with Gasteiger partial charge in [0.05, 0.1) is 6.61 Å². The van der Waals surface area contributed by atoms with E-state index < -0.39 is 23.6 Å². The van der Waals surface area contributed by atoms with E-state index in [0.717, 1.165) is 0 Å². The Morgan fingerprint density at radius 3 is 2.31 bits per heavy atom. The summed E-state index contributed by atoms with van der Waals surface area (Å²) in [5.74, 6) is -4.01. The van der Waals surface area contributed by atoms with Crippen molar-refractivity contribution in [2.45, 2.75) is 13.8 Å². The van der Waals surface area contributed by atoms with Gasteiger partial charge in [0.15, 0.2) is 0 Å². The monoisotopic (exact) mass is 206 g/mol. The molecular weight excluding hydrogens is 196 g/mol. The summed E-state index contributed by atoms with van der Waals surface area (Å²) in [6.07, 6.45) is 0. The van der Waals surface area contributed by atoms with Gasteiger partial charge < -0.3 is 8.92 Å². The third-order valence-corrected chi connectivity index (χ3v) is 1.48. The first-order chi connectivity index (χ1) is 6.04. The molecule has 0 aliphatic carbocycles. The molecule has 6 heteroatoms. The molecule has 0 aliphatic heterocycles. The van der Waals surface area contributed by atoms with E-state index in [2.05, 4.69) is 21.8 Å². The molecule has 0 heterocycles. The van der Waals surface area contributed by atoms with Crippen molar-refractivity contribution in [1.82, 2.24) is 0 Å². The van der Waals surface area contributed by atoms with Gasteiger partial charge in [-0.15, -0.1) is 0 Å². The molecule has 0 aromatic carbocycles. The third kappa shape index (κ3) is 3.45. The summed E-state index contributed by atoms with van der Waals surface area (Å²) in [6, 6.07) is 0. The average molecular weight is 206 g/mol. The van der Waals surface area contributed by atoms with Crippen LogP contribution in [0.1, 0.15) is 13.8 Å². The van der Waals surface area contributed by atoms with E-state index in [0.29, 0.717) is 0 Å². The maximum Gasteiger partial charge on any atom is 0.387 e. The summed E-state index contributed by atoms with van der Waals surface area (Å²) in [7, 11) is 0. The molecule has 0 aromatic rings. The van der Waals surface area contributed by atoms with E-state index in [4.69, 9.17) is 0 Å². The van der Waals surface area contributed by atoms with Crippen molar-refractivity contribution in [2.75, 3.05) is 6.61 Å². The number of rotatable bonds is 4. The quantitative estimate of drug-likeness (QED) is 0.233. The molecule has 0 radical (unpaired) electrons. The van der Waals surface area contributed by atoms with Crippen LogP contribution in [0.3, 0.4) is 0 Å². The number of thiol groups is 1. The molecule has 0 fully saturated rings. The fourth-order valence-electron chi connectivity index (χ4n) is 0.596. The Hall–Kier alpha value is -1.04. The number of carbonyl (C=O) groups excluding carboxylic acids is 3. The molecule has 1 atom stereocenters. The van der Waals surface area contributed by atoms with Crippen LogP contribution in [0.4, 0.5) is 0 Å². The lowest BCUT2D eigenvalue weighted by atomic mass is 10.1. The van der Waals surface area contributed by atoms with Crippen LogP contribution < -0.4 is 0 Å². The van der Waals surface area contributed by atoms with E-state index in [1.807, 2.05) is 0 Å². The van der Waals surface area contributed by atoms with Crippen molar-refractivity contribution in [3.05, 3.63) is 0 Å². The highest BCUT2D eigenvalue weighted by molar-refractivity contribution is 7.75. The van der Waals surface area contributed by atoms with Gasteiger partial charge in [-0.3, -0.25) is 9.59 Å². The van der Waals surface area contributed by atoms with E-state index in [1.165, 1.54) is 6.92 Å². The Morgan fingerprint density at radius 1 is 1.38 bits per heavy atom. The van der Waals surface area contributed by atoms with Gasteiger partial charge in [-0.2, -0.15) is 0 Å². The topological polar surface area (TPSA) is 69.7 Å². The van der Waals surface area contributed by atoms with Gasteiger partial charge in [-0.25, -0.2) is 4.79 Å². The van der Waals surface area contributed by atoms with E-state index in [9.17, 15) is 14.4 Å². The van der Waals surface area contributed by atoms with Crippen LogP contribution in [0.5, 0.6) is 0 Å². The van der Waals surface area contributed by atoms with Crippen LogP contribution in [0.25, 0.3) is 0 Å². The Labute approximate surface area is 81.0 Å². The van der Waals surface area contributed by atoms with Gasteiger partial charge in [-0.1, -0.05) is 0 Å². The first kappa shape index (κ1) is 12.0. The lowest BCUT2D eigenvalue weighted by molar-refractivity contribution is -0.157. The molecule has 0 saturated carbocycles.